The third-order valence-electron chi connectivity index (χ3n) is 5.05. The maximum atomic E-state index is 4.49. The summed E-state index contributed by atoms with van der Waals surface area (Å²) in [5.41, 5.74) is 0.503. The second-order valence-electron chi connectivity index (χ2n) is 6.59. The fourth-order valence-corrected chi connectivity index (χ4v) is 3.92. The van der Waals surface area contributed by atoms with Gasteiger partial charge in [0.15, 0.2) is 0 Å². The second kappa shape index (κ2) is 6.27. The summed E-state index contributed by atoms with van der Waals surface area (Å²) in [4.78, 5) is 7.12. The molecule has 0 spiro atoms. The lowest BCUT2D eigenvalue weighted by molar-refractivity contribution is 0.0847. The van der Waals surface area contributed by atoms with Crippen LogP contribution in [0.4, 0.5) is 0 Å². The summed E-state index contributed by atoms with van der Waals surface area (Å²) in [6.07, 6.45) is 11.1. The van der Waals surface area contributed by atoms with Gasteiger partial charge in [-0.2, -0.15) is 0 Å². The number of fused-ring (bicyclic) bond motifs is 1. The highest BCUT2D eigenvalue weighted by atomic mass is 15.2. The van der Waals surface area contributed by atoms with E-state index in [4.69, 9.17) is 0 Å². The zero-order valence-electron chi connectivity index (χ0n) is 12.8. The molecule has 4 nitrogen and oxygen atoms in total. The number of nitrogens with one attached hydrogen (secondary N) is 1. The molecule has 1 N–H and O–H groups in total. The Kier molecular flexibility index (Phi) is 4.41. The quantitative estimate of drug-likeness (QED) is 0.895. The SMILES string of the molecule is CCNCC1(CN2CCn3ccnc3C2)CCCCC1. The average molecular weight is 276 g/mol. The number of nitrogens with zero attached hydrogens (tertiary/aromatic N) is 3. The molecule has 1 aliphatic heterocycles. The van der Waals surface area contributed by atoms with Gasteiger partial charge in [0.1, 0.15) is 5.82 Å². The predicted octanol–water partition coefficient (Wildman–Crippen LogP) is 2.26. The first-order chi connectivity index (χ1) is 9.81. The Bertz CT molecular complexity index is 420. The van der Waals surface area contributed by atoms with Crippen LogP contribution in [0.15, 0.2) is 12.4 Å². The van der Waals surface area contributed by atoms with Crippen LogP contribution in [-0.2, 0) is 13.1 Å². The van der Waals surface area contributed by atoms with Gasteiger partial charge in [-0.3, -0.25) is 4.90 Å². The van der Waals surface area contributed by atoms with Crippen molar-refractivity contribution in [3.63, 3.8) is 0 Å². The van der Waals surface area contributed by atoms with Crippen LogP contribution >= 0.6 is 0 Å². The lowest BCUT2D eigenvalue weighted by atomic mass is 9.73. The summed E-state index contributed by atoms with van der Waals surface area (Å²) >= 11 is 0. The Labute approximate surface area is 122 Å². The van der Waals surface area contributed by atoms with Gasteiger partial charge >= 0.3 is 0 Å². The summed E-state index contributed by atoms with van der Waals surface area (Å²) in [7, 11) is 0. The fourth-order valence-electron chi connectivity index (χ4n) is 3.92. The molecule has 1 fully saturated rings. The first-order valence-electron chi connectivity index (χ1n) is 8.24. The van der Waals surface area contributed by atoms with Gasteiger partial charge in [-0.1, -0.05) is 26.2 Å². The first kappa shape index (κ1) is 14.1. The molecule has 0 amide bonds. The molecule has 2 aliphatic rings. The van der Waals surface area contributed by atoms with Crippen molar-refractivity contribution in [2.75, 3.05) is 26.2 Å². The highest BCUT2D eigenvalue weighted by molar-refractivity contribution is 4.97. The highest BCUT2D eigenvalue weighted by Crippen LogP contribution is 2.37. The minimum Gasteiger partial charge on any atom is -0.333 e. The Morgan fingerprint density at radius 2 is 2.10 bits per heavy atom. The number of aromatic nitrogens is 2. The summed E-state index contributed by atoms with van der Waals surface area (Å²) in [5, 5.41) is 3.62. The van der Waals surface area contributed by atoms with Gasteiger partial charge in [0.2, 0.25) is 0 Å². The first-order valence-corrected chi connectivity index (χ1v) is 8.24. The van der Waals surface area contributed by atoms with Crippen molar-refractivity contribution in [2.45, 2.75) is 52.1 Å². The van der Waals surface area contributed by atoms with Crippen LogP contribution in [0.25, 0.3) is 0 Å². The third-order valence-corrected chi connectivity index (χ3v) is 5.05. The molecule has 20 heavy (non-hydrogen) atoms. The molecule has 0 atom stereocenters. The lowest BCUT2D eigenvalue weighted by Gasteiger charge is -2.42. The Balaban J connectivity index is 1.64. The molecule has 1 aromatic rings. The van der Waals surface area contributed by atoms with E-state index in [1.807, 2.05) is 6.20 Å². The van der Waals surface area contributed by atoms with Crippen LogP contribution in [0, 0.1) is 5.41 Å². The molecule has 0 radical (unpaired) electrons. The smallest absolute Gasteiger partial charge is 0.122 e. The standard InChI is InChI=1S/C16H28N4/c1-2-17-13-16(6-4-3-5-7-16)14-19-10-11-20-9-8-18-15(20)12-19/h8-9,17H,2-7,10-14H2,1H3. The van der Waals surface area contributed by atoms with Crippen molar-refractivity contribution in [2.24, 2.45) is 5.41 Å². The number of rotatable bonds is 5. The van der Waals surface area contributed by atoms with Crippen molar-refractivity contribution in [3.05, 3.63) is 18.2 Å². The molecule has 3 rings (SSSR count). The van der Waals surface area contributed by atoms with Crippen LogP contribution in [0.1, 0.15) is 44.9 Å². The Morgan fingerprint density at radius 1 is 1.25 bits per heavy atom. The highest BCUT2D eigenvalue weighted by Gasteiger charge is 2.34. The van der Waals surface area contributed by atoms with Crippen molar-refractivity contribution in [3.8, 4) is 0 Å². The van der Waals surface area contributed by atoms with E-state index in [1.165, 1.54) is 57.6 Å². The van der Waals surface area contributed by atoms with Crippen molar-refractivity contribution >= 4 is 0 Å². The van der Waals surface area contributed by atoms with E-state index in [0.29, 0.717) is 5.41 Å². The van der Waals surface area contributed by atoms with Gasteiger partial charge in [-0.05, 0) is 24.8 Å². The van der Waals surface area contributed by atoms with Crippen LogP contribution in [0.5, 0.6) is 0 Å². The fraction of sp³-hybridized carbons (Fsp3) is 0.812. The molecule has 0 aromatic carbocycles. The van der Waals surface area contributed by atoms with E-state index in [0.717, 1.165) is 19.6 Å². The molecular weight excluding hydrogens is 248 g/mol. The van der Waals surface area contributed by atoms with E-state index >= 15 is 0 Å². The van der Waals surface area contributed by atoms with Crippen molar-refractivity contribution < 1.29 is 0 Å². The number of hydrogen-bond acceptors (Lipinski definition) is 3. The monoisotopic (exact) mass is 276 g/mol. The molecule has 4 heteroatoms. The molecule has 112 valence electrons. The van der Waals surface area contributed by atoms with Gasteiger partial charge < -0.3 is 9.88 Å². The molecule has 0 bridgehead atoms. The van der Waals surface area contributed by atoms with Crippen molar-refractivity contribution in [1.82, 2.24) is 19.8 Å². The van der Waals surface area contributed by atoms with E-state index < -0.39 is 0 Å². The summed E-state index contributed by atoms with van der Waals surface area (Å²) in [6, 6.07) is 0. The third kappa shape index (κ3) is 3.07. The zero-order valence-corrected chi connectivity index (χ0v) is 12.8. The van der Waals surface area contributed by atoms with E-state index in [1.54, 1.807) is 0 Å². The molecule has 0 saturated heterocycles. The largest absolute Gasteiger partial charge is 0.333 e. The van der Waals surface area contributed by atoms with Crippen LogP contribution in [0.2, 0.25) is 0 Å². The minimum absolute atomic E-state index is 0.503. The van der Waals surface area contributed by atoms with Crippen LogP contribution < -0.4 is 5.32 Å². The maximum Gasteiger partial charge on any atom is 0.122 e. The van der Waals surface area contributed by atoms with E-state index in [9.17, 15) is 0 Å². The maximum absolute atomic E-state index is 4.49. The molecular formula is C16H28N4. The van der Waals surface area contributed by atoms with E-state index in [2.05, 4.69) is 32.9 Å². The second-order valence-corrected chi connectivity index (χ2v) is 6.59. The van der Waals surface area contributed by atoms with Crippen LogP contribution in [0.3, 0.4) is 0 Å². The van der Waals surface area contributed by atoms with Gasteiger partial charge in [0, 0.05) is 38.6 Å². The van der Waals surface area contributed by atoms with E-state index in [-0.39, 0.29) is 0 Å². The van der Waals surface area contributed by atoms with Crippen LogP contribution in [-0.4, -0.2) is 40.6 Å². The lowest BCUT2D eigenvalue weighted by Crippen LogP contribution is -2.47. The predicted molar refractivity (Wildman–Crippen MR) is 81.6 cm³/mol. The average Bonchev–Trinajstić information content (AvgIpc) is 2.94. The summed E-state index contributed by atoms with van der Waals surface area (Å²) < 4.78 is 2.30. The number of imidazole rings is 1. The summed E-state index contributed by atoms with van der Waals surface area (Å²) in [5.74, 6) is 1.24. The molecule has 1 aromatic heterocycles. The Hall–Kier alpha value is -0.870. The normalized spacial score (nSPS) is 22.6. The topological polar surface area (TPSA) is 33.1 Å². The molecule has 2 heterocycles. The number of hydrogen-bond donors (Lipinski definition) is 1. The van der Waals surface area contributed by atoms with Crippen molar-refractivity contribution in [1.29, 1.82) is 0 Å². The molecule has 1 aliphatic carbocycles. The molecule has 0 unspecified atom stereocenters. The minimum atomic E-state index is 0.503. The van der Waals surface area contributed by atoms with Gasteiger partial charge in [-0.25, -0.2) is 4.98 Å². The summed E-state index contributed by atoms with van der Waals surface area (Å²) in [6.45, 7) is 9.05. The van der Waals surface area contributed by atoms with Gasteiger partial charge in [-0.15, -0.1) is 0 Å². The Morgan fingerprint density at radius 3 is 2.90 bits per heavy atom. The van der Waals surface area contributed by atoms with Gasteiger partial charge in [0.05, 0.1) is 6.54 Å². The zero-order chi connectivity index (χ0) is 13.8. The van der Waals surface area contributed by atoms with Gasteiger partial charge in [0.25, 0.3) is 0 Å². The molecule has 1 saturated carbocycles.